The Morgan fingerprint density at radius 2 is 1.90 bits per heavy atom. The normalized spacial score (nSPS) is 24.1. The van der Waals surface area contributed by atoms with E-state index in [4.69, 9.17) is 0 Å². The van der Waals surface area contributed by atoms with Crippen LogP contribution in [0.5, 0.6) is 0 Å². The Labute approximate surface area is 122 Å². The molecule has 0 saturated carbocycles. The van der Waals surface area contributed by atoms with Crippen molar-refractivity contribution in [3.8, 4) is 0 Å². The maximum absolute atomic E-state index is 11.3. The third-order valence-corrected chi connectivity index (χ3v) is 5.26. The average Bonchev–Trinajstić information content (AvgIpc) is 2.79. The van der Waals surface area contributed by atoms with E-state index < -0.39 is 9.84 Å². The van der Waals surface area contributed by atoms with Gasteiger partial charge >= 0.3 is 0 Å². The van der Waals surface area contributed by atoms with Gasteiger partial charge in [-0.15, -0.1) is 0 Å². The van der Waals surface area contributed by atoms with Crippen LogP contribution in [0.15, 0.2) is 24.3 Å². The third kappa shape index (κ3) is 3.83. The highest BCUT2D eigenvalue weighted by Gasteiger charge is 2.33. The standard InChI is InChI=1S/C16H25NO2S/c1-4-16-15(14-7-5-13(2)6-8-14)9-10-17(16)11-12-20(3,18)19/h5-8,15-16H,4,9-12H2,1-3H3/t15-,16-/m0/s1. The van der Waals surface area contributed by atoms with Crippen LogP contribution in [-0.2, 0) is 9.84 Å². The summed E-state index contributed by atoms with van der Waals surface area (Å²) in [6.45, 7) is 5.98. The molecular weight excluding hydrogens is 270 g/mol. The fraction of sp³-hybridized carbons (Fsp3) is 0.625. The zero-order valence-corrected chi connectivity index (χ0v) is 13.5. The molecule has 2 rings (SSSR count). The van der Waals surface area contributed by atoms with Gasteiger partial charge in [0.15, 0.2) is 0 Å². The Morgan fingerprint density at radius 1 is 1.25 bits per heavy atom. The summed E-state index contributed by atoms with van der Waals surface area (Å²) in [5.41, 5.74) is 2.68. The molecule has 1 heterocycles. The SMILES string of the molecule is CC[C@H]1[C@H](c2ccc(C)cc2)CCN1CCS(C)(=O)=O. The second-order valence-corrected chi connectivity index (χ2v) is 8.21. The highest BCUT2D eigenvalue weighted by molar-refractivity contribution is 7.90. The first-order valence-electron chi connectivity index (χ1n) is 7.39. The van der Waals surface area contributed by atoms with E-state index in [-0.39, 0.29) is 5.75 Å². The van der Waals surface area contributed by atoms with Crippen LogP contribution in [0.2, 0.25) is 0 Å². The highest BCUT2D eigenvalue weighted by atomic mass is 32.2. The van der Waals surface area contributed by atoms with Gasteiger partial charge in [0, 0.05) is 24.8 Å². The van der Waals surface area contributed by atoms with Crippen LogP contribution in [-0.4, -0.2) is 44.5 Å². The van der Waals surface area contributed by atoms with Crippen molar-refractivity contribution in [3.63, 3.8) is 0 Å². The molecule has 1 aliphatic heterocycles. The van der Waals surface area contributed by atoms with Gasteiger partial charge in [0.2, 0.25) is 0 Å². The summed E-state index contributed by atoms with van der Waals surface area (Å²) >= 11 is 0. The molecule has 1 fully saturated rings. The van der Waals surface area contributed by atoms with Gasteiger partial charge in [-0.2, -0.15) is 0 Å². The lowest BCUT2D eigenvalue weighted by atomic mass is 9.90. The van der Waals surface area contributed by atoms with E-state index in [9.17, 15) is 8.42 Å². The molecule has 112 valence electrons. The first kappa shape index (κ1) is 15.5. The monoisotopic (exact) mass is 295 g/mol. The van der Waals surface area contributed by atoms with Gasteiger partial charge in [-0.05, 0) is 31.9 Å². The molecule has 2 atom stereocenters. The van der Waals surface area contributed by atoms with E-state index in [0.717, 1.165) is 19.4 Å². The van der Waals surface area contributed by atoms with Gasteiger partial charge in [-0.1, -0.05) is 36.8 Å². The molecule has 0 bridgehead atoms. The van der Waals surface area contributed by atoms with Crippen molar-refractivity contribution < 1.29 is 8.42 Å². The first-order chi connectivity index (χ1) is 9.40. The van der Waals surface area contributed by atoms with E-state index in [1.165, 1.54) is 17.4 Å². The predicted molar refractivity (Wildman–Crippen MR) is 83.9 cm³/mol. The quantitative estimate of drug-likeness (QED) is 0.838. The molecule has 0 amide bonds. The number of aryl methyl sites for hydroxylation is 1. The van der Waals surface area contributed by atoms with Crippen LogP contribution in [0, 0.1) is 6.92 Å². The molecule has 3 nitrogen and oxygen atoms in total. The summed E-state index contributed by atoms with van der Waals surface area (Å²) in [5, 5.41) is 0. The predicted octanol–water partition coefficient (Wildman–Crippen LogP) is 2.61. The lowest BCUT2D eigenvalue weighted by Crippen LogP contribution is -2.35. The molecule has 20 heavy (non-hydrogen) atoms. The minimum atomic E-state index is -2.87. The average molecular weight is 295 g/mol. The molecule has 4 heteroatoms. The largest absolute Gasteiger partial charge is 0.299 e. The van der Waals surface area contributed by atoms with Crippen molar-refractivity contribution in [1.29, 1.82) is 0 Å². The molecule has 0 spiro atoms. The molecule has 0 N–H and O–H groups in total. The Bertz CT molecular complexity index is 536. The molecule has 0 unspecified atom stereocenters. The Balaban J connectivity index is 2.07. The smallest absolute Gasteiger partial charge is 0.148 e. The lowest BCUT2D eigenvalue weighted by Gasteiger charge is -2.27. The maximum atomic E-state index is 11.3. The van der Waals surface area contributed by atoms with Gasteiger partial charge in [-0.3, -0.25) is 4.90 Å². The molecule has 0 radical (unpaired) electrons. The van der Waals surface area contributed by atoms with Crippen LogP contribution in [0.1, 0.15) is 36.8 Å². The zero-order valence-electron chi connectivity index (χ0n) is 12.7. The fourth-order valence-corrected chi connectivity index (χ4v) is 3.79. The summed E-state index contributed by atoms with van der Waals surface area (Å²) < 4.78 is 22.7. The lowest BCUT2D eigenvalue weighted by molar-refractivity contribution is 0.251. The second kappa shape index (κ2) is 6.27. The number of hydrogen-bond donors (Lipinski definition) is 0. The van der Waals surface area contributed by atoms with Crippen molar-refractivity contribution in [2.45, 2.75) is 38.6 Å². The van der Waals surface area contributed by atoms with E-state index in [1.54, 1.807) is 0 Å². The van der Waals surface area contributed by atoms with Crippen LogP contribution < -0.4 is 0 Å². The summed E-state index contributed by atoms with van der Waals surface area (Å²) in [6, 6.07) is 9.26. The summed E-state index contributed by atoms with van der Waals surface area (Å²) in [6.07, 6.45) is 3.52. The third-order valence-electron chi connectivity index (χ3n) is 4.33. The van der Waals surface area contributed by atoms with Gasteiger partial charge in [0.1, 0.15) is 9.84 Å². The number of nitrogens with zero attached hydrogens (tertiary/aromatic N) is 1. The summed E-state index contributed by atoms with van der Waals surface area (Å²) in [5.74, 6) is 0.810. The number of benzene rings is 1. The van der Waals surface area contributed by atoms with E-state index in [2.05, 4.69) is 43.0 Å². The number of hydrogen-bond acceptors (Lipinski definition) is 3. The van der Waals surface area contributed by atoms with Crippen LogP contribution >= 0.6 is 0 Å². The van der Waals surface area contributed by atoms with Crippen molar-refractivity contribution in [3.05, 3.63) is 35.4 Å². The van der Waals surface area contributed by atoms with Crippen LogP contribution in [0.25, 0.3) is 0 Å². The molecule has 0 aliphatic carbocycles. The van der Waals surface area contributed by atoms with E-state index in [1.807, 2.05) is 0 Å². The highest BCUT2D eigenvalue weighted by Crippen LogP contribution is 2.35. The molecular formula is C16H25NO2S. The van der Waals surface area contributed by atoms with Crippen molar-refractivity contribution >= 4 is 9.84 Å². The second-order valence-electron chi connectivity index (χ2n) is 5.95. The molecule has 1 aliphatic rings. The van der Waals surface area contributed by atoms with Crippen molar-refractivity contribution in [2.24, 2.45) is 0 Å². The minimum absolute atomic E-state index is 0.268. The Morgan fingerprint density at radius 3 is 2.45 bits per heavy atom. The van der Waals surface area contributed by atoms with Gasteiger partial charge in [0.25, 0.3) is 0 Å². The van der Waals surface area contributed by atoms with Crippen molar-refractivity contribution in [1.82, 2.24) is 4.90 Å². The number of likely N-dealkylation sites (tertiary alicyclic amines) is 1. The Hall–Kier alpha value is -0.870. The summed E-state index contributed by atoms with van der Waals surface area (Å²) in [4.78, 5) is 2.35. The van der Waals surface area contributed by atoms with E-state index in [0.29, 0.717) is 18.5 Å². The zero-order chi connectivity index (χ0) is 14.8. The molecule has 0 aromatic heterocycles. The van der Waals surface area contributed by atoms with Crippen LogP contribution in [0.3, 0.4) is 0 Å². The van der Waals surface area contributed by atoms with Gasteiger partial charge in [-0.25, -0.2) is 8.42 Å². The van der Waals surface area contributed by atoms with Crippen molar-refractivity contribution in [2.75, 3.05) is 25.1 Å². The van der Waals surface area contributed by atoms with Crippen LogP contribution in [0.4, 0.5) is 0 Å². The minimum Gasteiger partial charge on any atom is -0.299 e. The number of rotatable bonds is 5. The number of sulfone groups is 1. The molecule has 1 aromatic rings. The van der Waals surface area contributed by atoms with E-state index >= 15 is 0 Å². The van der Waals surface area contributed by atoms with Gasteiger partial charge < -0.3 is 0 Å². The Kier molecular flexibility index (Phi) is 4.86. The topological polar surface area (TPSA) is 37.4 Å². The first-order valence-corrected chi connectivity index (χ1v) is 9.45. The summed E-state index contributed by atoms with van der Waals surface area (Å²) in [7, 11) is -2.87. The fourth-order valence-electron chi connectivity index (χ4n) is 3.22. The molecule has 1 aromatic carbocycles. The van der Waals surface area contributed by atoms with Gasteiger partial charge in [0.05, 0.1) is 5.75 Å². The molecule has 1 saturated heterocycles. The maximum Gasteiger partial charge on any atom is 0.148 e.